The summed E-state index contributed by atoms with van der Waals surface area (Å²) in [5.41, 5.74) is 0. The van der Waals surface area contributed by atoms with Crippen molar-refractivity contribution in [3.05, 3.63) is 0 Å². The number of hydrogen-bond donors (Lipinski definition) is 1. The molecule has 1 aliphatic heterocycles. The second kappa shape index (κ2) is 10.5. The Bertz CT molecular complexity index is 314. The summed E-state index contributed by atoms with van der Waals surface area (Å²) in [6.07, 6.45) is 11.3. The summed E-state index contributed by atoms with van der Waals surface area (Å²) in [5.74, 6) is 2.35. The molecule has 1 atom stereocenters. The first-order valence-electron chi connectivity index (χ1n) is 9.18. The zero-order valence-electron chi connectivity index (χ0n) is 14.5. The fourth-order valence-corrected chi connectivity index (χ4v) is 4.17. The summed E-state index contributed by atoms with van der Waals surface area (Å²) < 4.78 is 0. The molecule has 1 aliphatic carbocycles. The van der Waals surface area contributed by atoms with E-state index in [1.54, 1.807) is 0 Å². The third-order valence-corrected chi connectivity index (χ3v) is 5.49. The van der Waals surface area contributed by atoms with Crippen LogP contribution in [-0.4, -0.2) is 37.5 Å². The first kappa shape index (κ1) is 19.8. The average molecular weight is 331 g/mol. The number of piperidine rings is 1. The highest BCUT2D eigenvalue weighted by Crippen LogP contribution is 2.33. The van der Waals surface area contributed by atoms with E-state index in [9.17, 15) is 4.79 Å². The quantitative estimate of drug-likeness (QED) is 0.802. The van der Waals surface area contributed by atoms with Gasteiger partial charge >= 0.3 is 0 Å². The van der Waals surface area contributed by atoms with E-state index in [4.69, 9.17) is 0 Å². The molecule has 22 heavy (non-hydrogen) atoms. The Balaban J connectivity index is 0.00000242. The third-order valence-electron chi connectivity index (χ3n) is 5.49. The number of nitrogens with zero attached hydrogens (tertiary/aromatic N) is 1. The van der Waals surface area contributed by atoms with Gasteiger partial charge in [-0.1, -0.05) is 26.2 Å². The van der Waals surface area contributed by atoms with Gasteiger partial charge in [0, 0.05) is 19.0 Å². The predicted octanol–water partition coefficient (Wildman–Crippen LogP) is 3.86. The number of rotatable bonds is 6. The molecule has 1 N–H and O–H groups in total. The summed E-state index contributed by atoms with van der Waals surface area (Å²) >= 11 is 0. The lowest BCUT2D eigenvalue weighted by atomic mass is 9.79. The number of halogens is 1. The molecular weight excluding hydrogens is 296 g/mol. The fraction of sp³-hybridized carbons (Fsp3) is 0.944. The summed E-state index contributed by atoms with van der Waals surface area (Å²) in [7, 11) is 2.01. The Labute approximate surface area is 143 Å². The molecule has 2 rings (SSSR count). The molecule has 0 radical (unpaired) electrons. The Morgan fingerprint density at radius 1 is 1.14 bits per heavy atom. The Kier molecular flexibility index (Phi) is 9.42. The van der Waals surface area contributed by atoms with Crippen LogP contribution in [0.3, 0.4) is 0 Å². The van der Waals surface area contributed by atoms with Crippen LogP contribution in [0.5, 0.6) is 0 Å². The minimum absolute atomic E-state index is 0. The highest BCUT2D eigenvalue weighted by atomic mass is 35.5. The van der Waals surface area contributed by atoms with E-state index in [1.165, 1.54) is 44.9 Å². The molecule has 0 bridgehead atoms. The van der Waals surface area contributed by atoms with Crippen molar-refractivity contribution in [2.24, 2.45) is 17.8 Å². The van der Waals surface area contributed by atoms with Crippen molar-refractivity contribution in [3.63, 3.8) is 0 Å². The molecule has 0 aromatic rings. The van der Waals surface area contributed by atoms with Crippen LogP contribution >= 0.6 is 12.4 Å². The Morgan fingerprint density at radius 3 is 2.50 bits per heavy atom. The largest absolute Gasteiger partial charge is 0.342 e. The lowest BCUT2D eigenvalue weighted by Gasteiger charge is -2.37. The molecule has 2 fully saturated rings. The molecule has 1 saturated carbocycles. The van der Waals surface area contributed by atoms with Crippen LogP contribution in [0.1, 0.15) is 64.7 Å². The summed E-state index contributed by atoms with van der Waals surface area (Å²) in [6, 6.07) is 0. The fourth-order valence-electron chi connectivity index (χ4n) is 4.17. The van der Waals surface area contributed by atoms with Crippen LogP contribution < -0.4 is 5.32 Å². The van der Waals surface area contributed by atoms with E-state index in [2.05, 4.69) is 17.1 Å². The second-order valence-electron chi connectivity index (χ2n) is 7.21. The van der Waals surface area contributed by atoms with Gasteiger partial charge in [-0.15, -0.1) is 12.4 Å². The van der Waals surface area contributed by atoms with Gasteiger partial charge in [0.1, 0.15) is 0 Å². The van der Waals surface area contributed by atoms with E-state index >= 15 is 0 Å². The topological polar surface area (TPSA) is 32.3 Å². The van der Waals surface area contributed by atoms with Gasteiger partial charge in [-0.2, -0.15) is 0 Å². The summed E-state index contributed by atoms with van der Waals surface area (Å²) in [6.45, 7) is 5.30. The van der Waals surface area contributed by atoms with Crippen LogP contribution in [-0.2, 0) is 4.79 Å². The molecule has 1 unspecified atom stereocenters. The second-order valence-corrected chi connectivity index (χ2v) is 7.21. The van der Waals surface area contributed by atoms with Crippen LogP contribution in [0.4, 0.5) is 0 Å². The number of likely N-dealkylation sites (tertiary alicyclic amines) is 1. The standard InChI is InChI=1S/C18H34N2O.ClH/c1-3-4-6-15-8-10-17(11-9-15)18(21)20-12-5-7-16(14-20)13-19-2;/h15-17,19H,3-14H2,1-2H3;1H. The van der Waals surface area contributed by atoms with Gasteiger partial charge in [0.15, 0.2) is 0 Å². The van der Waals surface area contributed by atoms with Crippen LogP contribution in [0.25, 0.3) is 0 Å². The van der Waals surface area contributed by atoms with Gasteiger partial charge in [-0.25, -0.2) is 0 Å². The van der Waals surface area contributed by atoms with Gasteiger partial charge in [0.05, 0.1) is 0 Å². The van der Waals surface area contributed by atoms with Crippen molar-refractivity contribution >= 4 is 18.3 Å². The SMILES string of the molecule is CCCCC1CCC(C(=O)N2CCCC(CNC)C2)CC1.Cl. The summed E-state index contributed by atoms with van der Waals surface area (Å²) in [4.78, 5) is 14.9. The van der Waals surface area contributed by atoms with E-state index in [0.29, 0.717) is 17.7 Å². The average Bonchev–Trinajstić information content (AvgIpc) is 2.53. The van der Waals surface area contributed by atoms with Gasteiger partial charge < -0.3 is 10.2 Å². The smallest absolute Gasteiger partial charge is 0.225 e. The summed E-state index contributed by atoms with van der Waals surface area (Å²) in [5, 5.41) is 3.26. The van der Waals surface area contributed by atoms with E-state index in [1.807, 2.05) is 7.05 Å². The van der Waals surface area contributed by atoms with E-state index < -0.39 is 0 Å². The number of unbranched alkanes of at least 4 members (excludes halogenated alkanes) is 1. The van der Waals surface area contributed by atoms with Gasteiger partial charge in [-0.3, -0.25) is 4.79 Å². The first-order chi connectivity index (χ1) is 10.2. The van der Waals surface area contributed by atoms with Crippen molar-refractivity contribution < 1.29 is 4.79 Å². The molecule has 4 heteroatoms. The number of carbonyl (C=O) groups excluding carboxylic acids is 1. The Morgan fingerprint density at radius 2 is 1.86 bits per heavy atom. The molecule has 0 spiro atoms. The molecule has 0 aromatic carbocycles. The highest BCUT2D eigenvalue weighted by molar-refractivity contribution is 5.85. The van der Waals surface area contributed by atoms with Crippen LogP contribution in [0.2, 0.25) is 0 Å². The van der Waals surface area contributed by atoms with Crippen molar-refractivity contribution in [1.82, 2.24) is 10.2 Å². The van der Waals surface area contributed by atoms with Crippen molar-refractivity contribution in [1.29, 1.82) is 0 Å². The monoisotopic (exact) mass is 330 g/mol. The van der Waals surface area contributed by atoms with Gasteiger partial charge in [-0.05, 0) is 64.0 Å². The lowest BCUT2D eigenvalue weighted by molar-refractivity contribution is -0.138. The molecule has 1 saturated heterocycles. The minimum atomic E-state index is 0. The number of nitrogens with one attached hydrogen (secondary N) is 1. The van der Waals surface area contributed by atoms with Crippen LogP contribution in [0, 0.1) is 17.8 Å². The molecule has 1 amide bonds. The van der Waals surface area contributed by atoms with Crippen molar-refractivity contribution in [3.8, 4) is 0 Å². The number of hydrogen-bond acceptors (Lipinski definition) is 2. The number of carbonyl (C=O) groups is 1. The number of amides is 1. The maximum absolute atomic E-state index is 12.7. The Hall–Kier alpha value is -0.280. The highest BCUT2D eigenvalue weighted by Gasteiger charge is 2.31. The predicted molar refractivity (Wildman–Crippen MR) is 95.5 cm³/mol. The molecule has 0 aromatic heterocycles. The first-order valence-corrected chi connectivity index (χ1v) is 9.18. The van der Waals surface area contributed by atoms with Crippen LogP contribution in [0.15, 0.2) is 0 Å². The van der Waals surface area contributed by atoms with E-state index in [-0.39, 0.29) is 12.4 Å². The zero-order valence-corrected chi connectivity index (χ0v) is 15.3. The van der Waals surface area contributed by atoms with Crippen molar-refractivity contribution in [2.45, 2.75) is 64.7 Å². The van der Waals surface area contributed by atoms with Crippen molar-refractivity contribution in [2.75, 3.05) is 26.7 Å². The van der Waals surface area contributed by atoms with Gasteiger partial charge in [0.2, 0.25) is 5.91 Å². The normalized spacial score (nSPS) is 29.0. The molecule has 3 nitrogen and oxygen atoms in total. The molecule has 130 valence electrons. The molecule has 1 heterocycles. The minimum Gasteiger partial charge on any atom is -0.342 e. The zero-order chi connectivity index (χ0) is 15.1. The van der Waals surface area contributed by atoms with E-state index in [0.717, 1.165) is 38.4 Å². The molecule has 2 aliphatic rings. The maximum atomic E-state index is 12.7. The maximum Gasteiger partial charge on any atom is 0.225 e. The van der Waals surface area contributed by atoms with Gasteiger partial charge in [0.25, 0.3) is 0 Å². The lowest BCUT2D eigenvalue weighted by Crippen LogP contribution is -2.45. The molecular formula is C18H35ClN2O. The third kappa shape index (κ3) is 5.73.